The Balaban J connectivity index is 1.97. The van der Waals surface area contributed by atoms with Gasteiger partial charge in [0.2, 0.25) is 0 Å². The number of carbonyl (C=O) groups excluding carboxylic acids is 1. The van der Waals surface area contributed by atoms with E-state index in [0.29, 0.717) is 0 Å². The SMILES string of the molecule is O=C1[C@H](CCCS)C(c2ccccc2)=NN1c1ccccc1. The number of thiol groups is 1. The molecule has 112 valence electrons. The van der Waals surface area contributed by atoms with Gasteiger partial charge in [-0.05, 0) is 36.3 Å². The molecule has 0 aromatic heterocycles. The number of hydrazone groups is 1. The quantitative estimate of drug-likeness (QED) is 0.838. The standard InChI is InChI=1S/C18H18N2OS/c21-18-16(12-7-13-22)17(14-8-3-1-4-9-14)19-20(18)15-10-5-2-6-11-15/h1-6,8-11,16,22H,7,12-13H2/t16-/m1/s1. The summed E-state index contributed by atoms with van der Waals surface area (Å²) in [4.78, 5) is 12.8. The average molecular weight is 310 g/mol. The Kier molecular flexibility index (Phi) is 4.59. The Hall–Kier alpha value is -2.07. The molecule has 0 aliphatic carbocycles. The van der Waals surface area contributed by atoms with Crippen molar-refractivity contribution in [2.24, 2.45) is 11.0 Å². The molecule has 1 aliphatic heterocycles. The normalized spacial score (nSPS) is 17.7. The summed E-state index contributed by atoms with van der Waals surface area (Å²) in [5, 5.41) is 6.15. The molecule has 0 saturated heterocycles. The van der Waals surface area contributed by atoms with Crippen LogP contribution in [0.15, 0.2) is 65.8 Å². The third-order valence-electron chi connectivity index (χ3n) is 3.77. The number of hydrogen-bond donors (Lipinski definition) is 1. The van der Waals surface area contributed by atoms with Crippen LogP contribution in [0.3, 0.4) is 0 Å². The van der Waals surface area contributed by atoms with Gasteiger partial charge in [-0.3, -0.25) is 4.79 Å². The van der Waals surface area contributed by atoms with Gasteiger partial charge in [0.05, 0.1) is 17.3 Å². The average Bonchev–Trinajstić information content (AvgIpc) is 2.91. The molecule has 1 heterocycles. The Morgan fingerprint density at radius 2 is 1.64 bits per heavy atom. The molecule has 0 N–H and O–H groups in total. The van der Waals surface area contributed by atoms with Gasteiger partial charge in [0.25, 0.3) is 5.91 Å². The first kappa shape index (κ1) is 14.9. The summed E-state index contributed by atoms with van der Waals surface area (Å²) in [5.74, 6) is 0.638. The fraction of sp³-hybridized carbons (Fsp3) is 0.222. The number of carbonyl (C=O) groups is 1. The van der Waals surface area contributed by atoms with Crippen LogP contribution < -0.4 is 5.01 Å². The zero-order chi connectivity index (χ0) is 15.4. The van der Waals surface area contributed by atoms with Crippen molar-refractivity contribution in [2.75, 3.05) is 10.8 Å². The summed E-state index contributed by atoms with van der Waals surface area (Å²) in [5.41, 5.74) is 2.68. The Morgan fingerprint density at radius 3 is 2.27 bits per heavy atom. The van der Waals surface area contributed by atoms with E-state index in [-0.39, 0.29) is 11.8 Å². The van der Waals surface area contributed by atoms with Crippen molar-refractivity contribution in [3.8, 4) is 0 Å². The van der Waals surface area contributed by atoms with Gasteiger partial charge >= 0.3 is 0 Å². The molecule has 0 unspecified atom stereocenters. The summed E-state index contributed by atoms with van der Waals surface area (Å²) < 4.78 is 0. The molecule has 1 atom stereocenters. The Morgan fingerprint density at radius 1 is 1.00 bits per heavy atom. The van der Waals surface area contributed by atoms with E-state index < -0.39 is 0 Å². The van der Waals surface area contributed by atoms with E-state index >= 15 is 0 Å². The molecule has 4 heteroatoms. The predicted octanol–water partition coefficient (Wildman–Crippen LogP) is 3.76. The molecule has 0 bridgehead atoms. The van der Waals surface area contributed by atoms with Crippen molar-refractivity contribution >= 4 is 29.9 Å². The molecule has 1 aliphatic rings. The fourth-order valence-corrected chi connectivity index (χ4v) is 2.85. The summed E-state index contributed by atoms with van der Waals surface area (Å²) in [6.45, 7) is 0. The number of para-hydroxylation sites is 1. The van der Waals surface area contributed by atoms with Gasteiger partial charge in [-0.25, -0.2) is 0 Å². The molecule has 22 heavy (non-hydrogen) atoms. The van der Waals surface area contributed by atoms with Crippen LogP contribution in [0.2, 0.25) is 0 Å². The van der Waals surface area contributed by atoms with Crippen molar-refractivity contribution in [2.45, 2.75) is 12.8 Å². The van der Waals surface area contributed by atoms with Crippen LogP contribution in [0.5, 0.6) is 0 Å². The van der Waals surface area contributed by atoms with Crippen LogP contribution >= 0.6 is 12.6 Å². The summed E-state index contributed by atoms with van der Waals surface area (Å²) in [6, 6.07) is 19.5. The highest BCUT2D eigenvalue weighted by Gasteiger charge is 2.36. The van der Waals surface area contributed by atoms with Crippen LogP contribution in [-0.2, 0) is 4.79 Å². The minimum absolute atomic E-state index is 0.0480. The van der Waals surface area contributed by atoms with E-state index in [1.54, 1.807) is 0 Å². The lowest BCUT2D eigenvalue weighted by molar-refractivity contribution is -0.119. The first-order valence-corrected chi connectivity index (χ1v) is 8.08. The van der Waals surface area contributed by atoms with Gasteiger partial charge in [0, 0.05) is 0 Å². The first-order chi connectivity index (χ1) is 10.8. The van der Waals surface area contributed by atoms with Crippen molar-refractivity contribution in [3.05, 3.63) is 66.2 Å². The third-order valence-corrected chi connectivity index (χ3v) is 4.08. The largest absolute Gasteiger partial charge is 0.272 e. The van der Waals surface area contributed by atoms with Crippen LogP contribution in [0, 0.1) is 5.92 Å². The molecule has 0 saturated carbocycles. The molecular weight excluding hydrogens is 292 g/mol. The number of benzene rings is 2. The van der Waals surface area contributed by atoms with E-state index in [4.69, 9.17) is 0 Å². The number of amides is 1. The zero-order valence-corrected chi connectivity index (χ0v) is 13.1. The molecule has 1 amide bonds. The van der Waals surface area contributed by atoms with Gasteiger partial charge in [-0.15, -0.1) is 0 Å². The van der Waals surface area contributed by atoms with Crippen LogP contribution in [-0.4, -0.2) is 17.4 Å². The first-order valence-electron chi connectivity index (χ1n) is 7.45. The lowest BCUT2D eigenvalue weighted by Gasteiger charge is -2.14. The molecular formula is C18H18N2OS. The maximum atomic E-state index is 12.8. The van der Waals surface area contributed by atoms with Crippen molar-refractivity contribution in [1.29, 1.82) is 0 Å². The smallest absolute Gasteiger partial charge is 0.256 e. The maximum absolute atomic E-state index is 12.8. The minimum Gasteiger partial charge on any atom is -0.272 e. The monoisotopic (exact) mass is 310 g/mol. The number of anilines is 1. The van der Waals surface area contributed by atoms with Gasteiger partial charge in [0.15, 0.2) is 0 Å². The fourth-order valence-electron chi connectivity index (χ4n) is 2.67. The van der Waals surface area contributed by atoms with E-state index in [2.05, 4.69) is 17.7 Å². The minimum atomic E-state index is -0.185. The van der Waals surface area contributed by atoms with Gasteiger partial charge in [-0.2, -0.15) is 22.7 Å². The Labute approximate surface area is 136 Å². The molecule has 2 aromatic carbocycles. The molecule has 0 fully saturated rings. The van der Waals surface area contributed by atoms with Crippen LogP contribution in [0.1, 0.15) is 18.4 Å². The van der Waals surface area contributed by atoms with E-state index in [1.807, 2.05) is 60.7 Å². The zero-order valence-electron chi connectivity index (χ0n) is 12.2. The van der Waals surface area contributed by atoms with Gasteiger partial charge < -0.3 is 0 Å². The molecule has 0 radical (unpaired) electrons. The third kappa shape index (κ3) is 2.92. The highest BCUT2D eigenvalue weighted by molar-refractivity contribution is 7.80. The molecule has 2 aromatic rings. The van der Waals surface area contributed by atoms with Crippen molar-refractivity contribution in [1.82, 2.24) is 0 Å². The van der Waals surface area contributed by atoms with Crippen molar-refractivity contribution in [3.63, 3.8) is 0 Å². The second-order valence-electron chi connectivity index (χ2n) is 5.26. The second-order valence-corrected chi connectivity index (χ2v) is 5.70. The highest BCUT2D eigenvalue weighted by Crippen LogP contribution is 2.29. The van der Waals surface area contributed by atoms with E-state index in [9.17, 15) is 4.79 Å². The van der Waals surface area contributed by atoms with Gasteiger partial charge in [-0.1, -0.05) is 48.5 Å². The molecule has 3 rings (SSSR count). The van der Waals surface area contributed by atoms with E-state index in [0.717, 1.165) is 35.6 Å². The Bertz CT molecular complexity index is 670. The summed E-state index contributed by atoms with van der Waals surface area (Å²) in [7, 11) is 0. The molecule has 0 spiro atoms. The van der Waals surface area contributed by atoms with Crippen LogP contribution in [0.4, 0.5) is 5.69 Å². The molecule has 3 nitrogen and oxygen atoms in total. The van der Waals surface area contributed by atoms with E-state index in [1.165, 1.54) is 5.01 Å². The lowest BCUT2D eigenvalue weighted by atomic mass is 9.93. The second kappa shape index (κ2) is 6.79. The predicted molar refractivity (Wildman–Crippen MR) is 93.5 cm³/mol. The number of hydrogen-bond acceptors (Lipinski definition) is 3. The van der Waals surface area contributed by atoms with Crippen molar-refractivity contribution < 1.29 is 4.79 Å². The number of rotatable bonds is 5. The topological polar surface area (TPSA) is 32.7 Å². The summed E-state index contributed by atoms with van der Waals surface area (Å²) in [6.07, 6.45) is 1.67. The van der Waals surface area contributed by atoms with Gasteiger partial charge in [0.1, 0.15) is 0 Å². The number of nitrogens with zero attached hydrogens (tertiary/aromatic N) is 2. The summed E-state index contributed by atoms with van der Waals surface area (Å²) >= 11 is 4.27. The van der Waals surface area contributed by atoms with Crippen LogP contribution in [0.25, 0.3) is 0 Å². The maximum Gasteiger partial charge on any atom is 0.256 e. The lowest BCUT2D eigenvalue weighted by Crippen LogP contribution is -2.27. The highest BCUT2D eigenvalue weighted by atomic mass is 32.1.